The van der Waals surface area contributed by atoms with E-state index in [0.717, 1.165) is 31.5 Å². The van der Waals surface area contributed by atoms with Gasteiger partial charge >= 0.3 is 0 Å². The quantitative estimate of drug-likeness (QED) is 0.587. The third-order valence-corrected chi connectivity index (χ3v) is 5.34. The molecule has 1 aliphatic heterocycles. The highest BCUT2D eigenvalue weighted by Crippen LogP contribution is 2.46. The number of halogens is 1. The lowest BCUT2D eigenvalue weighted by molar-refractivity contribution is 0.0766. The molecule has 0 spiro atoms. The maximum atomic E-state index is 6.13. The summed E-state index contributed by atoms with van der Waals surface area (Å²) >= 11 is 6.13. The van der Waals surface area contributed by atoms with Crippen LogP contribution in [-0.2, 0) is 0 Å². The van der Waals surface area contributed by atoms with Crippen molar-refractivity contribution in [3.8, 4) is 0 Å². The molecule has 1 saturated heterocycles. The van der Waals surface area contributed by atoms with Crippen molar-refractivity contribution in [2.75, 3.05) is 18.8 Å². The fourth-order valence-electron chi connectivity index (χ4n) is 4.17. The molecule has 0 aromatic carbocycles. The van der Waals surface area contributed by atoms with E-state index >= 15 is 0 Å². The van der Waals surface area contributed by atoms with Crippen LogP contribution in [0.5, 0.6) is 0 Å². The maximum Gasteiger partial charge on any atom is 0.128 e. The molecule has 1 saturated carbocycles. The molecule has 21 heavy (non-hydrogen) atoms. The standard InChI is InChI=1S/C15H24ClN5/c16-11-9-12(14(17)19-10-11)13(20-18)15(5-1-2-6-15)21-7-3-4-8-21/h9-10,13,20H,1-8,18H2,(H2,17,19). The van der Waals surface area contributed by atoms with Crippen LogP contribution in [0.3, 0.4) is 0 Å². The van der Waals surface area contributed by atoms with Gasteiger partial charge < -0.3 is 5.73 Å². The van der Waals surface area contributed by atoms with Gasteiger partial charge in [0.25, 0.3) is 0 Å². The first-order valence-electron chi connectivity index (χ1n) is 7.79. The topological polar surface area (TPSA) is 80.2 Å². The Morgan fingerprint density at radius 3 is 2.52 bits per heavy atom. The molecule has 5 nitrogen and oxygen atoms in total. The van der Waals surface area contributed by atoms with Gasteiger partial charge in [-0.3, -0.25) is 16.2 Å². The number of aromatic nitrogens is 1. The smallest absolute Gasteiger partial charge is 0.128 e. The van der Waals surface area contributed by atoms with E-state index in [9.17, 15) is 0 Å². The van der Waals surface area contributed by atoms with Gasteiger partial charge in [0, 0.05) is 17.3 Å². The van der Waals surface area contributed by atoms with Gasteiger partial charge in [-0.2, -0.15) is 0 Å². The van der Waals surface area contributed by atoms with Crippen LogP contribution in [0.15, 0.2) is 12.3 Å². The zero-order chi connectivity index (χ0) is 14.9. The first kappa shape index (κ1) is 15.0. The molecular weight excluding hydrogens is 286 g/mol. The summed E-state index contributed by atoms with van der Waals surface area (Å²) in [6, 6.07) is 1.88. The molecule has 2 heterocycles. The number of hydrogen-bond donors (Lipinski definition) is 3. The second-order valence-corrected chi connectivity index (χ2v) is 6.67. The van der Waals surface area contributed by atoms with Crippen molar-refractivity contribution in [3.05, 3.63) is 22.8 Å². The van der Waals surface area contributed by atoms with E-state index in [1.54, 1.807) is 6.20 Å². The van der Waals surface area contributed by atoms with Gasteiger partial charge in [-0.25, -0.2) is 4.98 Å². The fourth-order valence-corrected chi connectivity index (χ4v) is 4.33. The van der Waals surface area contributed by atoms with Crippen LogP contribution in [-0.4, -0.2) is 28.5 Å². The zero-order valence-electron chi connectivity index (χ0n) is 12.3. The van der Waals surface area contributed by atoms with Gasteiger partial charge in [-0.05, 0) is 44.8 Å². The lowest BCUT2D eigenvalue weighted by Gasteiger charge is -2.45. The minimum atomic E-state index is -0.0238. The Morgan fingerprint density at radius 2 is 1.90 bits per heavy atom. The van der Waals surface area contributed by atoms with Crippen molar-refractivity contribution in [1.82, 2.24) is 15.3 Å². The summed E-state index contributed by atoms with van der Waals surface area (Å²) in [5, 5.41) is 0.606. The van der Waals surface area contributed by atoms with Crippen LogP contribution in [0.25, 0.3) is 0 Å². The zero-order valence-corrected chi connectivity index (χ0v) is 13.1. The lowest BCUT2D eigenvalue weighted by Crippen LogP contribution is -2.55. The Morgan fingerprint density at radius 1 is 1.24 bits per heavy atom. The number of pyridine rings is 1. The third-order valence-electron chi connectivity index (χ3n) is 5.14. The van der Waals surface area contributed by atoms with Gasteiger partial charge in [-0.1, -0.05) is 24.4 Å². The Balaban J connectivity index is 2.01. The molecule has 1 aliphatic carbocycles. The predicted molar refractivity (Wildman–Crippen MR) is 85.7 cm³/mol. The highest BCUT2D eigenvalue weighted by Gasteiger charge is 2.47. The molecule has 1 aromatic heterocycles. The number of hydrogen-bond acceptors (Lipinski definition) is 5. The van der Waals surface area contributed by atoms with Crippen LogP contribution in [0.1, 0.15) is 50.1 Å². The van der Waals surface area contributed by atoms with Crippen LogP contribution >= 0.6 is 11.6 Å². The SMILES string of the molecule is NNC(c1cc(Cl)cnc1N)C1(N2CCCC2)CCCC1. The average molecular weight is 310 g/mol. The number of nitrogens with zero attached hydrogens (tertiary/aromatic N) is 2. The number of rotatable bonds is 4. The second-order valence-electron chi connectivity index (χ2n) is 6.23. The van der Waals surface area contributed by atoms with Crippen LogP contribution in [0.4, 0.5) is 5.82 Å². The normalized spacial score (nSPS) is 23.5. The Kier molecular flexibility index (Phi) is 4.36. The largest absolute Gasteiger partial charge is 0.383 e. The number of hydrazine groups is 1. The summed E-state index contributed by atoms with van der Waals surface area (Å²) in [7, 11) is 0. The number of nitrogen functional groups attached to an aromatic ring is 1. The van der Waals surface area contributed by atoms with E-state index in [1.165, 1.54) is 25.7 Å². The Hall–Kier alpha value is -0.880. The number of nitrogens with two attached hydrogens (primary N) is 2. The van der Waals surface area contributed by atoms with Gasteiger partial charge in [0.05, 0.1) is 11.1 Å². The first-order chi connectivity index (χ1) is 10.2. The molecule has 3 rings (SSSR count). The molecule has 2 aliphatic rings. The predicted octanol–water partition coefficient (Wildman–Crippen LogP) is 2.23. The molecule has 116 valence electrons. The van der Waals surface area contributed by atoms with Crippen molar-refractivity contribution in [2.24, 2.45) is 5.84 Å². The Bertz CT molecular complexity index is 495. The van der Waals surface area contributed by atoms with Crippen molar-refractivity contribution >= 4 is 17.4 Å². The molecule has 0 amide bonds. The van der Waals surface area contributed by atoms with Crippen LogP contribution in [0, 0.1) is 0 Å². The summed E-state index contributed by atoms with van der Waals surface area (Å²) in [5.41, 5.74) is 10.1. The van der Waals surface area contributed by atoms with E-state index in [1.807, 2.05) is 6.07 Å². The van der Waals surface area contributed by atoms with E-state index in [-0.39, 0.29) is 11.6 Å². The summed E-state index contributed by atoms with van der Waals surface area (Å²) in [6.07, 6.45) is 8.89. The lowest BCUT2D eigenvalue weighted by atomic mass is 9.82. The molecule has 1 aromatic rings. The molecule has 1 unspecified atom stereocenters. The highest BCUT2D eigenvalue weighted by molar-refractivity contribution is 6.30. The van der Waals surface area contributed by atoms with Gasteiger partial charge in [-0.15, -0.1) is 0 Å². The van der Waals surface area contributed by atoms with E-state index in [0.29, 0.717) is 10.8 Å². The molecule has 1 atom stereocenters. The number of nitrogens with one attached hydrogen (secondary N) is 1. The summed E-state index contributed by atoms with van der Waals surface area (Å²) in [6.45, 7) is 2.29. The van der Waals surface area contributed by atoms with Gasteiger partial charge in [0.2, 0.25) is 0 Å². The van der Waals surface area contributed by atoms with Crippen LogP contribution in [0.2, 0.25) is 5.02 Å². The minimum Gasteiger partial charge on any atom is -0.383 e. The highest BCUT2D eigenvalue weighted by atomic mass is 35.5. The van der Waals surface area contributed by atoms with Crippen LogP contribution < -0.4 is 17.0 Å². The maximum absolute atomic E-state index is 6.13. The third kappa shape index (κ3) is 2.63. The monoisotopic (exact) mass is 309 g/mol. The average Bonchev–Trinajstić information content (AvgIpc) is 3.14. The van der Waals surface area contributed by atoms with E-state index < -0.39 is 0 Å². The molecule has 0 bridgehead atoms. The molecule has 5 N–H and O–H groups in total. The first-order valence-corrected chi connectivity index (χ1v) is 8.17. The number of anilines is 1. The second kappa shape index (κ2) is 6.08. The van der Waals surface area contributed by atoms with E-state index in [4.69, 9.17) is 23.2 Å². The summed E-state index contributed by atoms with van der Waals surface area (Å²) in [4.78, 5) is 6.81. The molecule has 6 heteroatoms. The van der Waals surface area contributed by atoms with Crippen molar-refractivity contribution in [1.29, 1.82) is 0 Å². The van der Waals surface area contributed by atoms with Gasteiger partial charge in [0.15, 0.2) is 0 Å². The Labute approximate surface area is 131 Å². The van der Waals surface area contributed by atoms with Crippen molar-refractivity contribution in [2.45, 2.75) is 50.1 Å². The molecule has 0 radical (unpaired) electrons. The molecular formula is C15H24ClN5. The van der Waals surface area contributed by atoms with Gasteiger partial charge in [0.1, 0.15) is 5.82 Å². The van der Waals surface area contributed by atoms with Crippen molar-refractivity contribution < 1.29 is 0 Å². The van der Waals surface area contributed by atoms with Crippen molar-refractivity contribution in [3.63, 3.8) is 0 Å². The summed E-state index contributed by atoms with van der Waals surface area (Å²) in [5.74, 6) is 6.47. The fraction of sp³-hybridized carbons (Fsp3) is 0.667. The number of likely N-dealkylation sites (tertiary alicyclic amines) is 1. The summed E-state index contributed by atoms with van der Waals surface area (Å²) < 4.78 is 0. The molecule has 2 fully saturated rings. The minimum absolute atomic E-state index is 0.0238. The van der Waals surface area contributed by atoms with E-state index in [2.05, 4.69) is 15.3 Å².